The zero-order valence-corrected chi connectivity index (χ0v) is 16.3. The van der Waals surface area contributed by atoms with Crippen molar-refractivity contribution in [2.24, 2.45) is 11.0 Å². The molecule has 1 aliphatic carbocycles. The zero-order chi connectivity index (χ0) is 19.7. The predicted molar refractivity (Wildman–Crippen MR) is 104 cm³/mol. The van der Waals surface area contributed by atoms with Gasteiger partial charge in [0, 0.05) is 11.4 Å². The van der Waals surface area contributed by atoms with Crippen LogP contribution in [0.15, 0.2) is 52.2 Å². The lowest BCUT2D eigenvalue weighted by Gasteiger charge is -2.27. The summed E-state index contributed by atoms with van der Waals surface area (Å²) in [6.45, 7) is 1.59. The maximum Gasteiger partial charge on any atom is 0.309 e. The van der Waals surface area contributed by atoms with Gasteiger partial charge >= 0.3 is 5.97 Å². The number of nitrogens with zero attached hydrogens (tertiary/aromatic N) is 2. The van der Waals surface area contributed by atoms with E-state index in [2.05, 4.69) is 5.10 Å². The van der Waals surface area contributed by atoms with Crippen LogP contribution in [0.25, 0.3) is 0 Å². The number of hydrazone groups is 1. The maximum atomic E-state index is 13.0. The van der Waals surface area contributed by atoms with Gasteiger partial charge in [-0.1, -0.05) is 30.2 Å². The fourth-order valence-corrected chi connectivity index (χ4v) is 3.51. The highest BCUT2D eigenvalue weighted by atomic mass is 35.5. The minimum Gasteiger partial charge on any atom is -0.467 e. The van der Waals surface area contributed by atoms with Crippen LogP contribution in [0.3, 0.4) is 0 Å². The van der Waals surface area contributed by atoms with E-state index < -0.39 is 6.10 Å². The highest BCUT2D eigenvalue weighted by molar-refractivity contribution is 6.30. The normalized spacial score (nSPS) is 20.4. The molecule has 2 aliphatic rings. The summed E-state index contributed by atoms with van der Waals surface area (Å²) in [4.78, 5) is 25.1. The molecule has 0 unspecified atom stereocenters. The molecule has 0 bridgehead atoms. The third-order valence-electron chi connectivity index (χ3n) is 5.26. The van der Waals surface area contributed by atoms with E-state index in [4.69, 9.17) is 20.8 Å². The Kier molecular flexibility index (Phi) is 5.22. The average Bonchev–Trinajstić information content (AvgIpc) is 3.29. The van der Waals surface area contributed by atoms with Crippen LogP contribution in [0.4, 0.5) is 0 Å². The quantitative estimate of drug-likeness (QED) is 0.700. The third-order valence-corrected chi connectivity index (χ3v) is 5.52. The Morgan fingerprint density at radius 2 is 2.00 bits per heavy atom. The highest BCUT2D eigenvalue weighted by Gasteiger charge is 2.38. The van der Waals surface area contributed by atoms with Crippen molar-refractivity contribution in [3.63, 3.8) is 0 Å². The van der Waals surface area contributed by atoms with Crippen molar-refractivity contribution in [3.05, 3.63) is 59.0 Å². The number of rotatable bonds is 5. The van der Waals surface area contributed by atoms with Crippen LogP contribution >= 0.6 is 11.6 Å². The number of esters is 1. The molecule has 1 amide bonds. The van der Waals surface area contributed by atoms with E-state index in [0.717, 1.165) is 30.5 Å². The predicted octanol–water partition coefficient (Wildman–Crippen LogP) is 4.34. The zero-order valence-electron chi connectivity index (χ0n) is 15.5. The minimum absolute atomic E-state index is 0.0807. The lowest BCUT2D eigenvalue weighted by atomic mass is 9.86. The first kappa shape index (κ1) is 18.7. The number of halogens is 1. The molecule has 146 valence electrons. The first-order valence-corrected chi connectivity index (χ1v) is 9.81. The molecule has 1 aromatic carbocycles. The van der Waals surface area contributed by atoms with Crippen molar-refractivity contribution in [2.75, 3.05) is 0 Å². The molecule has 0 spiro atoms. The van der Waals surface area contributed by atoms with E-state index in [1.54, 1.807) is 31.4 Å². The van der Waals surface area contributed by atoms with Crippen molar-refractivity contribution < 1.29 is 18.7 Å². The second-order valence-electron chi connectivity index (χ2n) is 7.18. The highest BCUT2D eigenvalue weighted by Crippen LogP contribution is 2.34. The molecule has 2 atom stereocenters. The fourth-order valence-electron chi connectivity index (χ4n) is 3.38. The summed E-state index contributed by atoms with van der Waals surface area (Å²) < 4.78 is 10.9. The molecule has 28 heavy (non-hydrogen) atoms. The van der Waals surface area contributed by atoms with Crippen LogP contribution in [-0.4, -0.2) is 28.7 Å². The maximum absolute atomic E-state index is 13.0. The summed E-state index contributed by atoms with van der Waals surface area (Å²) in [6.07, 6.45) is 3.86. The Balaban J connectivity index is 1.55. The van der Waals surface area contributed by atoms with Gasteiger partial charge < -0.3 is 9.15 Å². The van der Waals surface area contributed by atoms with Gasteiger partial charge in [0.25, 0.3) is 5.91 Å². The molecule has 7 heteroatoms. The molecule has 0 saturated heterocycles. The van der Waals surface area contributed by atoms with Gasteiger partial charge in [-0.05, 0) is 49.6 Å². The molecule has 0 N–H and O–H groups in total. The first-order valence-electron chi connectivity index (χ1n) is 9.43. The molecule has 1 aromatic heterocycles. The second-order valence-corrected chi connectivity index (χ2v) is 7.62. The van der Waals surface area contributed by atoms with Crippen molar-refractivity contribution >= 4 is 29.2 Å². The Bertz CT molecular complexity index is 888. The molecule has 0 radical (unpaired) electrons. The van der Waals surface area contributed by atoms with E-state index in [1.165, 1.54) is 5.01 Å². The van der Waals surface area contributed by atoms with E-state index in [-0.39, 0.29) is 23.8 Å². The fraction of sp³-hybridized carbons (Fsp3) is 0.381. The van der Waals surface area contributed by atoms with Gasteiger partial charge in [-0.3, -0.25) is 9.59 Å². The first-order chi connectivity index (χ1) is 13.5. The summed E-state index contributed by atoms with van der Waals surface area (Å²) in [5.74, 6) is -0.109. The van der Waals surface area contributed by atoms with Gasteiger partial charge in [0.2, 0.25) is 0 Å². The van der Waals surface area contributed by atoms with Crippen molar-refractivity contribution in [3.8, 4) is 0 Å². The van der Waals surface area contributed by atoms with Crippen LogP contribution in [0.5, 0.6) is 0 Å². The number of hydrogen-bond donors (Lipinski definition) is 0. The molecule has 2 aromatic rings. The lowest BCUT2D eigenvalue weighted by Crippen LogP contribution is -2.39. The van der Waals surface area contributed by atoms with Gasteiger partial charge in [-0.15, -0.1) is 0 Å². The summed E-state index contributed by atoms with van der Waals surface area (Å²) in [6, 6.07) is 10.5. The van der Waals surface area contributed by atoms with Gasteiger partial charge in [0.1, 0.15) is 11.8 Å². The van der Waals surface area contributed by atoms with Crippen LogP contribution in [0.2, 0.25) is 5.02 Å². The standard InChI is InChI=1S/C21H21ClN2O4/c1-13(28-21(26)15-4-2-5-15)20(25)24-18(19-6-3-11-27-19)12-17(23-24)14-7-9-16(22)10-8-14/h3,6-11,13,15,18H,2,4-5,12H2,1H3/t13-,18+/m1/s1. The van der Waals surface area contributed by atoms with E-state index in [0.29, 0.717) is 17.2 Å². The molecule has 2 heterocycles. The Hall–Kier alpha value is -2.60. The lowest BCUT2D eigenvalue weighted by molar-refractivity contribution is -0.165. The number of ether oxygens (including phenoxy) is 1. The monoisotopic (exact) mass is 400 g/mol. The largest absolute Gasteiger partial charge is 0.467 e. The van der Waals surface area contributed by atoms with Gasteiger partial charge in [0.15, 0.2) is 6.10 Å². The average molecular weight is 401 g/mol. The summed E-state index contributed by atoms with van der Waals surface area (Å²) in [5, 5.41) is 6.55. The van der Waals surface area contributed by atoms with Gasteiger partial charge in [-0.25, -0.2) is 5.01 Å². The van der Waals surface area contributed by atoms with E-state index >= 15 is 0 Å². The molecule has 4 rings (SSSR count). The van der Waals surface area contributed by atoms with Crippen molar-refractivity contribution in [1.82, 2.24) is 5.01 Å². The SMILES string of the molecule is C[C@@H](OC(=O)C1CCC1)C(=O)N1N=C(c2ccc(Cl)cc2)C[C@H]1c1ccco1. The Labute approximate surface area is 168 Å². The van der Waals surface area contributed by atoms with E-state index in [1.807, 2.05) is 18.2 Å². The van der Waals surface area contributed by atoms with Gasteiger partial charge in [0.05, 0.1) is 17.9 Å². The summed E-state index contributed by atoms with van der Waals surface area (Å²) >= 11 is 5.97. The number of furan rings is 1. The number of hydrogen-bond acceptors (Lipinski definition) is 5. The van der Waals surface area contributed by atoms with Crippen LogP contribution < -0.4 is 0 Å². The van der Waals surface area contributed by atoms with Gasteiger partial charge in [-0.2, -0.15) is 5.10 Å². The molecule has 1 saturated carbocycles. The number of carbonyl (C=O) groups is 2. The molecular weight excluding hydrogens is 380 g/mol. The Morgan fingerprint density at radius 1 is 1.25 bits per heavy atom. The van der Waals surface area contributed by atoms with Crippen LogP contribution in [0, 0.1) is 5.92 Å². The third kappa shape index (κ3) is 3.69. The van der Waals surface area contributed by atoms with Crippen LogP contribution in [-0.2, 0) is 14.3 Å². The number of carbonyl (C=O) groups excluding carboxylic acids is 2. The number of amides is 1. The second kappa shape index (κ2) is 7.80. The topological polar surface area (TPSA) is 72.1 Å². The molecular formula is C21H21ClN2O4. The summed E-state index contributed by atoms with van der Waals surface area (Å²) in [7, 11) is 0. The van der Waals surface area contributed by atoms with Crippen molar-refractivity contribution in [1.29, 1.82) is 0 Å². The smallest absolute Gasteiger partial charge is 0.309 e. The Morgan fingerprint density at radius 3 is 2.61 bits per heavy atom. The van der Waals surface area contributed by atoms with Crippen LogP contribution in [0.1, 0.15) is 50.0 Å². The summed E-state index contributed by atoms with van der Waals surface area (Å²) in [5.41, 5.74) is 1.64. The minimum atomic E-state index is -0.904. The van der Waals surface area contributed by atoms with E-state index in [9.17, 15) is 9.59 Å². The molecule has 6 nitrogen and oxygen atoms in total. The van der Waals surface area contributed by atoms with Crippen molar-refractivity contribution in [2.45, 2.75) is 44.8 Å². The molecule has 1 aliphatic heterocycles. The molecule has 1 fully saturated rings. The number of benzene rings is 1.